The number of carbonyl (C=O) groups excluding carboxylic acids is 1. The minimum atomic E-state index is -0.300. The van der Waals surface area contributed by atoms with Crippen LogP contribution in [0.5, 0.6) is 0 Å². The number of rotatable bonds is 5. The first-order valence-corrected chi connectivity index (χ1v) is 7.56. The zero-order chi connectivity index (χ0) is 13.7. The molecule has 3 nitrogen and oxygen atoms in total. The highest BCUT2D eigenvalue weighted by molar-refractivity contribution is 8.01. The van der Waals surface area contributed by atoms with Gasteiger partial charge in [0.05, 0.1) is 5.75 Å². The molecule has 0 aliphatic carbocycles. The van der Waals surface area contributed by atoms with Gasteiger partial charge in [0, 0.05) is 23.2 Å². The van der Waals surface area contributed by atoms with E-state index < -0.39 is 0 Å². The van der Waals surface area contributed by atoms with Gasteiger partial charge in [-0.05, 0) is 13.0 Å². The van der Waals surface area contributed by atoms with Crippen LogP contribution >= 0.6 is 23.1 Å². The molecule has 0 bridgehead atoms. The van der Waals surface area contributed by atoms with Crippen LogP contribution in [0.3, 0.4) is 0 Å². The van der Waals surface area contributed by atoms with E-state index in [1.54, 1.807) is 18.2 Å². The molecule has 0 aliphatic rings. The molecule has 2 rings (SSSR count). The summed E-state index contributed by atoms with van der Waals surface area (Å²) in [7, 11) is 0. The summed E-state index contributed by atoms with van der Waals surface area (Å²) in [6.07, 6.45) is 0. The molecule has 100 valence electrons. The average Bonchev–Trinajstić information content (AvgIpc) is 2.81. The normalized spacial score (nSPS) is 10.4. The van der Waals surface area contributed by atoms with Gasteiger partial charge in [0.2, 0.25) is 5.91 Å². The van der Waals surface area contributed by atoms with Crippen LogP contribution in [0.25, 0.3) is 0 Å². The lowest BCUT2D eigenvalue weighted by atomic mass is 10.2. The van der Waals surface area contributed by atoms with Crippen molar-refractivity contribution < 1.29 is 9.18 Å². The summed E-state index contributed by atoms with van der Waals surface area (Å²) >= 11 is 2.91. The first-order valence-electron chi connectivity index (χ1n) is 5.70. The van der Waals surface area contributed by atoms with Gasteiger partial charge >= 0.3 is 0 Å². The maximum Gasteiger partial charge on any atom is 0.230 e. The van der Waals surface area contributed by atoms with Gasteiger partial charge in [0.15, 0.2) is 4.34 Å². The quantitative estimate of drug-likeness (QED) is 0.862. The fraction of sp³-hybridized carbons (Fsp3) is 0.231. The van der Waals surface area contributed by atoms with Gasteiger partial charge in [-0.1, -0.05) is 30.0 Å². The molecule has 0 unspecified atom stereocenters. The van der Waals surface area contributed by atoms with Crippen molar-refractivity contribution in [3.8, 4) is 0 Å². The van der Waals surface area contributed by atoms with Crippen LogP contribution < -0.4 is 5.32 Å². The van der Waals surface area contributed by atoms with E-state index >= 15 is 0 Å². The molecule has 0 saturated carbocycles. The number of nitrogens with zero attached hydrogens (tertiary/aromatic N) is 1. The third-order valence-corrected chi connectivity index (χ3v) is 4.50. The lowest BCUT2D eigenvalue weighted by molar-refractivity contribution is -0.118. The van der Waals surface area contributed by atoms with Gasteiger partial charge in [-0.25, -0.2) is 9.37 Å². The number of halogens is 1. The number of nitrogens with one attached hydrogen (secondary N) is 1. The van der Waals surface area contributed by atoms with Crippen LogP contribution in [0.15, 0.2) is 34.0 Å². The Morgan fingerprint density at radius 2 is 2.26 bits per heavy atom. The SMILES string of the molecule is Cc1csc(SCC(=O)NCc2ccccc2F)n1. The summed E-state index contributed by atoms with van der Waals surface area (Å²) in [5, 5.41) is 4.64. The molecule has 0 spiro atoms. The standard InChI is InChI=1S/C13H13FN2OS2/c1-9-7-18-13(16-9)19-8-12(17)15-6-10-4-2-3-5-11(10)14/h2-5,7H,6,8H2,1H3,(H,15,17). The fourth-order valence-electron chi connectivity index (χ4n) is 1.41. The van der Waals surface area contributed by atoms with Crippen LogP contribution in [0, 0.1) is 12.7 Å². The molecule has 1 aromatic heterocycles. The van der Waals surface area contributed by atoms with Gasteiger partial charge in [0.1, 0.15) is 5.82 Å². The largest absolute Gasteiger partial charge is 0.351 e. The Bertz CT molecular complexity index is 571. The summed E-state index contributed by atoms with van der Waals surface area (Å²) in [6, 6.07) is 6.42. The van der Waals surface area contributed by atoms with Crippen molar-refractivity contribution in [2.45, 2.75) is 17.8 Å². The van der Waals surface area contributed by atoms with Gasteiger partial charge in [-0.3, -0.25) is 4.79 Å². The van der Waals surface area contributed by atoms with Crippen molar-refractivity contribution in [1.82, 2.24) is 10.3 Å². The van der Waals surface area contributed by atoms with Crippen LogP contribution in [0.4, 0.5) is 4.39 Å². The predicted molar refractivity (Wildman–Crippen MR) is 75.8 cm³/mol. The Morgan fingerprint density at radius 1 is 1.47 bits per heavy atom. The number of aryl methyl sites for hydroxylation is 1. The van der Waals surface area contributed by atoms with Crippen molar-refractivity contribution in [2.75, 3.05) is 5.75 Å². The summed E-state index contributed by atoms with van der Waals surface area (Å²) < 4.78 is 14.2. The second-order valence-corrected chi connectivity index (χ2v) is 5.99. The zero-order valence-corrected chi connectivity index (χ0v) is 12.0. The monoisotopic (exact) mass is 296 g/mol. The van der Waals surface area contributed by atoms with Crippen LogP contribution in [-0.2, 0) is 11.3 Å². The third-order valence-electron chi connectivity index (χ3n) is 2.36. The minimum absolute atomic E-state index is 0.124. The van der Waals surface area contributed by atoms with E-state index in [0.717, 1.165) is 10.0 Å². The number of hydrogen-bond acceptors (Lipinski definition) is 4. The summed E-state index contributed by atoms with van der Waals surface area (Å²) in [5.74, 6) is -0.131. The number of thiazole rings is 1. The molecule has 0 radical (unpaired) electrons. The fourth-order valence-corrected chi connectivity index (χ4v) is 3.09. The molecule has 6 heteroatoms. The van der Waals surface area contributed by atoms with E-state index in [1.807, 2.05) is 12.3 Å². The van der Waals surface area contributed by atoms with E-state index in [4.69, 9.17) is 0 Å². The summed E-state index contributed by atoms with van der Waals surface area (Å²) in [6.45, 7) is 2.13. The van der Waals surface area contributed by atoms with Gasteiger partial charge in [-0.2, -0.15) is 0 Å². The highest BCUT2D eigenvalue weighted by atomic mass is 32.2. The molecule has 0 aliphatic heterocycles. The lowest BCUT2D eigenvalue weighted by Gasteiger charge is -2.05. The molecule has 0 saturated heterocycles. The van der Waals surface area contributed by atoms with Crippen molar-refractivity contribution >= 4 is 29.0 Å². The Balaban J connectivity index is 1.77. The molecular formula is C13H13FN2OS2. The average molecular weight is 296 g/mol. The molecular weight excluding hydrogens is 283 g/mol. The number of aromatic nitrogens is 1. The van der Waals surface area contributed by atoms with Gasteiger partial charge in [0.25, 0.3) is 0 Å². The first kappa shape index (κ1) is 14.0. The number of carbonyl (C=O) groups is 1. The highest BCUT2D eigenvalue weighted by Crippen LogP contribution is 2.21. The molecule has 0 fully saturated rings. The molecule has 1 aromatic carbocycles. The zero-order valence-electron chi connectivity index (χ0n) is 10.4. The highest BCUT2D eigenvalue weighted by Gasteiger charge is 2.07. The third kappa shape index (κ3) is 4.33. The van der Waals surface area contributed by atoms with E-state index in [-0.39, 0.29) is 18.3 Å². The van der Waals surface area contributed by atoms with Crippen LogP contribution in [0.1, 0.15) is 11.3 Å². The Morgan fingerprint density at radius 3 is 2.95 bits per heavy atom. The van der Waals surface area contributed by atoms with E-state index in [0.29, 0.717) is 11.3 Å². The molecule has 1 heterocycles. The lowest BCUT2D eigenvalue weighted by Crippen LogP contribution is -2.24. The molecule has 19 heavy (non-hydrogen) atoms. The first-order chi connectivity index (χ1) is 9.15. The molecule has 1 N–H and O–H groups in total. The van der Waals surface area contributed by atoms with Crippen molar-refractivity contribution in [1.29, 1.82) is 0 Å². The molecule has 1 amide bonds. The predicted octanol–water partition coefficient (Wildman–Crippen LogP) is 3.00. The Labute approximate surface area is 119 Å². The smallest absolute Gasteiger partial charge is 0.230 e. The van der Waals surface area contributed by atoms with Crippen LogP contribution in [-0.4, -0.2) is 16.6 Å². The van der Waals surface area contributed by atoms with E-state index in [1.165, 1.54) is 29.2 Å². The maximum atomic E-state index is 13.3. The van der Waals surface area contributed by atoms with Crippen molar-refractivity contribution in [2.24, 2.45) is 0 Å². The van der Waals surface area contributed by atoms with Crippen molar-refractivity contribution in [3.63, 3.8) is 0 Å². The van der Waals surface area contributed by atoms with Crippen LogP contribution in [0.2, 0.25) is 0 Å². The summed E-state index contributed by atoms with van der Waals surface area (Å²) in [4.78, 5) is 15.9. The maximum absolute atomic E-state index is 13.3. The van der Waals surface area contributed by atoms with E-state index in [9.17, 15) is 9.18 Å². The summed E-state index contributed by atoms with van der Waals surface area (Å²) in [5.41, 5.74) is 1.45. The van der Waals surface area contributed by atoms with E-state index in [2.05, 4.69) is 10.3 Å². The Hall–Kier alpha value is -1.40. The molecule has 0 atom stereocenters. The number of benzene rings is 1. The second-order valence-electron chi connectivity index (χ2n) is 3.91. The van der Waals surface area contributed by atoms with Crippen molar-refractivity contribution in [3.05, 3.63) is 46.7 Å². The number of thioether (sulfide) groups is 1. The number of hydrogen-bond donors (Lipinski definition) is 1. The van der Waals surface area contributed by atoms with Gasteiger partial charge < -0.3 is 5.32 Å². The minimum Gasteiger partial charge on any atom is -0.351 e. The number of amides is 1. The topological polar surface area (TPSA) is 42.0 Å². The second kappa shape index (κ2) is 6.68. The Kier molecular flexibility index (Phi) is 4.93. The molecule has 2 aromatic rings. The van der Waals surface area contributed by atoms with Gasteiger partial charge in [-0.15, -0.1) is 11.3 Å².